The number of hydrogen-bond acceptors (Lipinski definition) is 3. The van der Waals surface area contributed by atoms with Crippen molar-refractivity contribution in [2.24, 2.45) is 11.8 Å². The van der Waals surface area contributed by atoms with Gasteiger partial charge < -0.3 is 19.1 Å². The van der Waals surface area contributed by atoms with Gasteiger partial charge in [-0.15, -0.1) is 0 Å². The van der Waals surface area contributed by atoms with Crippen LogP contribution in [0.25, 0.3) is 4.85 Å². The summed E-state index contributed by atoms with van der Waals surface area (Å²) in [5.41, 5.74) is 1.14. The largest absolute Gasteiger partial charge is 0.374 e. The van der Waals surface area contributed by atoms with Crippen molar-refractivity contribution in [2.75, 3.05) is 13.7 Å². The van der Waals surface area contributed by atoms with Crippen LogP contribution in [-0.2, 0) is 20.8 Å². The summed E-state index contributed by atoms with van der Waals surface area (Å²) in [6, 6.07) is 9.96. The van der Waals surface area contributed by atoms with Gasteiger partial charge in [0.25, 0.3) is 0 Å². The fourth-order valence-electron chi connectivity index (χ4n) is 2.84. The van der Waals surface area contributed by atoms with E-state index in [4.69, 9.17) is 20.8 Å². The lowest BCUT2D eigenvalue weighted by atomic mass is 9.84. The van der Waals surface area contributed by atoms with Crippen molar-refractivity contribution in [1.82, 2.24) is 0 Å². The van der Waals surface area contributed by atoms with E-state index in [9.17, 15) is 0 Å². The van der Waals surface area contributed by atoms with Crippen molar-refractivity contribution in [3.63, 3.8) is 0 Å². The van der Waals surface area contributed by atoms with Gasteiger partial charge in [-0.25, -0.2) is 6.57 Å². The molecule has 5 atom stereocenters. The quantitative estimate of drug-likeness (QED) is 0.781. The molecule has 1 fully saturated rings. The molecule has 4 heteroatoms. The van der Waals surface area contributed by atoms with Gasteiger partial charge in [-0.2, -0.15) is 0 Å². The molecule has 0 N–H and O–H groups in total. The third kappa shape index (κ3) is 3.82. The van der Waals surface area contributed by atoms with Crippen LogP contribution in [0.4, 0.5) is 0 Å². The van der Waals surface area contributed by atoms with Gasteiger partial charge in [0.05, 0.1) is 31.2 Å². The smallest absolute Gasteiger partial charge is 0.236 e. The van der Waals surface area contributed by atoms with E-state index in [0.717, 1.165) is 5.56 Å². The maximum atomic E-state index is 7.40. The van der Waals surface area contributed by atoms with Crippen LogP contribution in [0.5, 0.6) is 0 Å². The van der Waals surface area contributed by atoms with E-state index < -0.39 is 0 Å². The molecule has 0 bridgehead atoms. The van der Waals surface area contributed by atoms with Crippen LogP contribution in [0, 0.1) is 18.4 Å². The molecule has 1 heterocycles. The van der Waals surface area contributed by atoms with Crippen molar-refractivity contribution < 1.29 is 14.2 Å². The van der Waals surface area contributed by atoms with E-state index >= 15 is 0 Å². The highest BCUT2D eigenvalue weighted by atomic mass is 16.7. The summed E-state index contributed by atoms with van der Waals surface area (Å²) in [7, 11) is 1.63. The topological polar surface area (TPSA) is 32.0 Å². The molecule has 0 radical (unpaired) electrons. The lowest BCUT2D eigenvalue weighted by molar-refractivity contribution is -0.233. The molecule has 0 saturated carbocycles. The van der Waals surface area contributed by atoms with Crippen LogP contribution >= 0.6 is 0 Å². The van der Waals surface area contributed by atoms with Crippen LogP contribution in [0.2, 0.25) is 0 Å². The minimum atomic E-state index is -0.328. The maximum Gasteiger partial charge on any atom is 0.236 e. The minimum absolute atomic E-state index is 0.0767. The maximum absolute atomic E-state index is 7.40. The predicted molar refractivity (Wildman–Crippen MR) is 80.5 cm³/mol. The van der Waals surface area contributed by atoms with E-state index in [1.807, 2.05) is 37.3 Å². The van der Waals surface area contributed by atoms with E-state index in [0.29, 0.717) is 13.2 Å². The molecule has 2 rings (SSSR count). The molecule has 2 unspecified atom stereocenters. The van der Waals surface area contributed by atoms with Crippen LogP contribution in [0.15, 0.2) is 30.3 Å². The summed E-state index contributed by atoms with van der Waals surface area (Å²) in [6.45, 7) is 12.5. The highest BCUT2D eigenvalue weighted by molar-refractivity contribution is 5.13. The van der Waals surface area contributed by atoms with Gasteiger partial charge in [-0.1, -0.05) is 44.2 Å². The molecule has 1 aliphatic rings. The third-order valence-electron chi connectivity index (χ3n) is 4.18. The Bertz CT molecular complexity index is 471. The van der Waals surface area contributed by atoms with E-state index in [1.54, 1.807) is 7.11 Å². The Kier molecular flexibility index (Phi) is 5.75. The van der Waals surface area contributed by atoms with Crippen LogP contribution in [0.3, 0.4) is 0 Å². The minimum Gasteiger partial charge on any atom is -0.374 e. The van der Waals surface area contributed by atoms with Gasteiger partial charge >= 0.3 is 0 Å². The molecular weight excluding hydrogens is 266 g/mol. The molecule has 21 heavy (non-hydrogen) atoms. The van der Waals surface area contributed by atoms with Crippen LogP contribution in [-0.4, -0.2) is 32.2 Å². The molecule has 1 aromatic rings. The Labute approximate surface area is 126 Å². The SMILES string of the molecule is [C-]#[N+][C@@H]1C(C)[C@@H](OC)OC(COCc2ccccc2)[C@@H]1C. The zero-order valence-corrected chi connectivity index (χ0v) is 12.9. The number of methoxy groups -OCH3 is 1. The average molecular weight is 289 g/mol. The molecule has 0 aromatic heterocycles. The molecule has 0 spiro atoms. The van der Waals surface area contributed by atoms with Crippen molar-refractivity contribution in [3.05, 3.63) is 47.3 Å². The highest BCUT2D eigenvalue weighted by Crippen LogP contribution is 2.33. The lowest BCUT2D eigenvalue weighted by Crippen LogP contribution is -2.49. The summed E-state index contributed by atoms with van der Waals surface area (Å²) in [5, 5.41) is 0. The Balaban J connectivity index is 1.91. The summed E-state index contributed by atoms with van der Waals surface area (Å²) >= 11 is 0. The Morgan fingerprint density at radius 3 is 2.52 bits per heavy atom. The number of nitrogens with zero attached hydrogens (tertiary/aromatic N) is 1. The number of hydrogen-bond donors (Lipinski definition) is 0. The van der Waals surface area contributed by atoms with E-state index in [1.165, 1.54) is 0 Å². The second-order valence-electron chi connectivity index (χ2n) is 5.62. The van der Waals surface area contributed by atoms with Crippen molar-refractivity contribution in [1.29, 1.82) is 0 Å². The van der Waals surface area contributed by atoms with Crippen molar-refractivity contribution >= 4 is 0 Å². The summed E-state index contributed by atoms with van der Waals surface area (Å²) < 4.78 is 17.1. The first-order valence-corrected chi connectivity index (χ1v) is 7.34. The molecule has 1 aromatic carbocycles. The fraction of sp³-hybridized carbons (Fsp3) is 0.588. The Morgan fingerprint density at radius 2 is 1.90 bits per heavy atom. The number of rotatable bonds is 5. The highest BCUT2D eigenvalue weighted by Gasteiger charge is 2.45. The number of ether oxygens (including phenoxy) is 3. The third-order valence-corrected chi connectivity index (χ3v) is 4.18. The van der Waals surface area contributed by atoms with Gasteiger partial charge in [0.2, 0.25) is 6.04 Å². The normalized spacial score (nSPS) is 32.6. The molecule has 1 saturated heterocycles. The first-order valence-electron chi connectivity index (χ1n) is 7.34. The second kappa shape index (κ2) is 7.56. The number of benzene rings is 1. The van der Waals surface area contributed by atoms with E-state index in [2.05, 4.69) is 11.8 Å². The zero-order chi connectivity index (χ0) is 15.2. The average Bonchev–Trinajstić information content (AvgIpc) is 2.51. The first-order chi connectivity index (χ1) is 10.2. The predicted octanol–water partition coefficient (Wildman–Crippen LogP) is 3.13. The molecule has 0 amide bonds. The van der Waals surface area contributed by atoms with Gasteiger partial charge in [0.15, 0.2) is 6.29 Å². The van der Waals surface area contributed by atoms with Crippen molar-refractivity contribution in [2.45, 2.75) is 38.9 Å². The van der Waals surface area contributed by atoms with Crippen LogP contribution < -0.4 is 0 Å². The zero-order valence-electron chi connectivity index (χ0n) is 12.9. The van der Waals surface area contributed by atoms with Crippen molar-refractivity contribution in [3.8, 4) is 0 Å². The molecule has 114 valence electrons. The Morgan fingerprint density at radius 1 is 1.19 bits per heavy atom. The lowest BCUT2D eigenvalue weighted by Gasteiger charge is -2.38. The van der Waals surface area contributed by atoms with Gasteiger partial charge in [0, 0.05) is 7.11 Å². The van der Waals surface area contributed by atoms with Gasteiger partial charge in [-0.05, 0) is 5.56 Å². The summed E-state index contributed by atoms with van der Waals surface area (Å²) in [4.78, 5) is 3.76. The molecule has 1 aliphatic heterocycles. The Hall–Kier alpha value is -1.41. The van der Waals surface area contributed by atoms with Gasteiger partial charge in [-0.3, -0.25) is 0 Å². The monoisotopic (exact) mass is 289 g/mol. The van der Waals surface area contributed by atoms with Gasteiger partial charge in [0.1, 0.15) is 0 Å². The molecule has 4 nitrogen and oxygen atoms in total. The summed E-state index contributed by atoms with van der Waals surface area (Å²) in [5.74, 6) is 0.215. The molecular formula is C17H23NO3. The van der Waals surface area contributed by atoms with E-state index in [-0.39, 0.29) is 30.3 Å². The standard InChI is InChI=1S/C17H23NO3/c1-12-15(11-20-10-14-8-6-5-7-9-14)21-17(19-4)13(2)16(12)18-3/h5-9,12-13,15-17H,10-11H2,1-2,4H3/t12-,13?,15?,16-,17-/m0/s1. The summed E-state index contributed by atoms with van der Waals surface area (Å²) in [6.07, 6.45) is -0.431. The van der Waals surface area contributed by atoms with Crippen LogP contribution in [0.1, 0.15) is 19.4 Å². The fourth-order valence-corrected chi connectivity index (χ4v) is 2.84. The second-order valence-corrected chi connectivity index (χ2v) is 5.62. The first kappa shape index (κ1) is 16.0. The molecule has 0 aliphatic carbocycles.